The number of pyridine rings is 1. The molecule has 0 saturated carbocycles. The summed E-state index contributed by atoms with van der Waals surface area (Å²) >= 11 is 6.26. The van der Waals surface area contributed by atoms with Gasteiger partial charge in [0.15, 0.2) is 11.3 Å². The summed E-state index contributed by atoms with van der Waals surface area (Å²) in [5, 5.41) is 7.88. The number of nitroso groups, excluding NO2 is 1. The third-order valence-corrected chi connectivity index (χ3v) is 14.2. The monoisotopic (exact) mass is 875 g/mol. The average molecular weight is 876 g/mol. The zero-order valence-electron chi connectivity index (χ0n) is 35.1. The lowest BCUT2D eigenvalue weighted by Crippen LogP contribution is -2.47. The van der Waals surface area contributed by atoms with Crippen LogP contribution in [0.5, 0.6) is 5.75 Å². The molecule has 0 bridgehead atoms. The number of likely N-dealkylation sites (tertiary alicyclic amines) is 1. The Bertz CT molecular complexity index is 2800. The van der Waals surface area contributed by atoms with Crippen molar-refractivity contribution in [1.82, 2.24) is 34.3 Å². The van der Waals surface area contributed by atoms with Gasteiger partial charge in [0.25, 0.3) is 15.9 Å². The van der Waals surface area contributed by atoms with E-state index in [1.165, 1.54) is 28.8 Å². The number of allylic oxidation sites excluding steroid dienone is 1. The molecule has 2 fully saturated rings. The molecule has 0 atom stereocenters. The number of rotatable bonds is 11. The van der Waals surface area contributed by atoms with E-state index in [1.54, 1.807) is 23.1 Å². The van der Waals surface area contributed by atoms with Gasteiger partial charge in [-0.3, -0.25) is 19.5 Å². The van der Waals surface area contributed by atoms with Gasteiger partial charge in [0.2, 0.25) is 0 Å². The number of piperidine rings is 1. The number of aromatic nitrogens is 4. The van der Waals surface area contributed by atoms with E-state index in [0.29, 0.717) is 22.4 Å². The number of aromatic amines is 1. The van der Waals surface area contributed by atoms with Gasteiger partial charge >= 0.3 is 0 Å². The first-order valence-corrected chi connectivity index (χ1v) is 23.0. The zero-order chi connectivity index (χ0) is 43.2. The van der Waals surface area contributed by atoms with Crippen LogP contribution in [0.2, 0.25) is 5.02 Å². The normalized spacial score (nSPS) is 18.1. The van der Waals surface area contributed by atoms with Gasteiger partial charge in [-0.15, -0.1) is 4.91 Å². The first-order chi connectivity index (χ1) is 29.8. The highest BCUT2D eigenvalue weighted by Crippen LogP contribution is 2.43. The third-order valence-electron chi connectivity index (χ3n) is 12.6. The molecule has 3 aromatic carbocycles. The molecule has 6 aromatic rings. The van der Waals surface area contributed by atoms with Crippen molar-refractivity contribution in [3.63, 3.8) is 0 Å². The lowest BCUT2D eigenvalue weighted by molar-refractivity contribution is 0.0981. The number of benzene rings is 3. The molecule has 322 valence electrons. The molecule has 0 unspecified atom stereocenters. The van der Waals surface area contributed by atoms with Gasteiger partial charge < -0.3 is 14.5 Å². The van der Waals surface area contributed by atoms with Gasteiger partial charge in [0.05, 0.1) is 21.7 Å². The second kappa shape index (κ2) is 16.9. The number of H-pyrrole nitrogens is 1. The van der Waals surface area contributed by atoms with Gasteiger partial charge in [0.1, 0.15) is 17.4 Å². The van der Waals surface area contributed by atoms with Crippen LogP contribution in [-0.4, -0.2) is 103 Å². The third kappa shape index (κ3) is 8.71. The van der Waals surface area contributed by atoms with Crippen LogP contribution in [0.3, 0.4) is 0 Å². The maximum atomic E-state index is 14.2. The van der Waals surface area contributed by atoms with Crippen LogP contribution in [-0.2, 0) is 10.0 Å². The molecule has 0 spiro atoms. The minimum atomic E-state index is -4.45. The first kappa shape index (κ1) is 41.7. The molecule has 2 aliphatic heterocycles. The fraction of sp³-hybridized carbons (Fsp3) is 0.370. The summed E-state index contributed by atoms with van der Waals surface area (Å²) in [7, 11) is -2.42. The molecule has 0 radical (unpaired) electrons. The molecule has 3 aromatic heterocycles. The van der Waals surface area contributed by atoms with Gasteiger partial charge in [0, 0.05) is 74.3 Å². The molecule has 14 nitrogen and oxygen atoms in total. The highest BCUT2D eigenvalue weighted by Gasteiger charge is 2.30. The highest BCUT2D eigenvalue weighted by molar-refractivity contribution is 7.90. The van der Waals surface area contributed by atoms with Crippen LogP contribution in [0, 0.1) is 10.3 Å². The Balaban J connectivity index is 0.976. The van der Waals surface area contributed by atoms with Gasteiger partial charge in [-0.1, -0.05) is 43.2 Å². The second-order valence-corrected chi connectivity index (χ2v) is 19.6. The number of sulfonamides is 1. The van der Waals surface area contributed by atoms with Crippen LogP contribution in [0.4, 0.5) is 11.4 Å². The van der Waals surface area contributed by atoms with Crippen LogP contribution >= 0.6 is 11.6 Å². The Morgan fingerprint density at radius 2 is 1.76 bits per heavy atom. The van der Waals surface area contributed by atoms with Gasteiger partial charge in [-0.2, -0.15) is 0 Å². The number of halogens is 1. The number of nitrogens with zero attached hydrogens (tertiary/aromatic N) is 7. The number of carbonyl (C=O) groups excluding carboxylic acids is 1. The minimum absolute atomic E-state index is 0.114. The Morgan fingerprint density at radius 3 is 2.52 bits per heavy atom. The molecule has 2 saturated heterocycles. The number of carbonyl (C=O) groups is 1. The average Bonchev–Trinajstić information content (AvgIpc) is 3.91. The van der Waals surface area contributed by atoms with Crippen molar-refractivity contribution in [2.24, 2.45) is 10.6 Å². The summed E-state index contributed by atoms with van der Waals surface area (Å²) in [4.78, 5) is 41.9. The van der Waals surface area contributed by atoms with E-state index >= 15 is 0 Å². The number of nitrogens with one attached hydrogen (secondary N) is 2. The molecule has 2 N–H and O–H groups in total. The van der Waals surface area contributed by atoms with Gasteiger partial charge in [-0.25, -0.2) is 23.1 Å². The number of hydrogen-bond acceptors (Lipinski definition) is 11. The molecule has 9 rings (SSSR count). The number of ether oxygens (including phenoxy) is 1. The van der Waals surface area contributed by atoms with Crippen molar-refractivity contribution in [1.29, 1.82) is 0 Å². The first-order valence-electron chi connectivity index (χ1n) is 21.1. The van der Waals surface area contributed by atoms with E-state index in [2.05, 4.69) is 60.7 Å². The van der Waals surface area contributed by atoms with Crippen LogP contribution in [0.25, 0.3) is 33.3 Å². The van der Waals surface area contributed by atoms with Crippen molar-refractivity contribution in [2.75, 3.05) is 57.8 Å². The molecule has 5 heterocycles. The summed E-state index contributed by atoms with van der Waals surface area (Å²) in [5.74, 6) is -0.641. The summed E-state index contributed by atoms with van der Waals surface area (Å²) in [6.45, 7) is 10.5. The molecule has 1 amide bonds. The zero-order valence-corrected chi connectivity index (χ0v) is 36.7. The van der Waals surface area contributed by atoms with Crippen molar-refractivity contribution in [2.45, 2.75) is 57.0 Å². The van der Waals surface area contributed by atoms with Crippen molar-refractivity contribution >= 4 is 66.5 Å². The summed E-state index contributed by atoms with van der Waals surface area (Å²) in [6, 6.07) is 21.3. The van der Waals surface area contributed by atoms with E-state index in [0.717, 1.165) is 100 Å². The summed E-state index contributed by atoms with van der Waals surface area (Å²) in [6.07, 6.45) is 8.07. The van der Waals surface area contributed by atoms with Crippen molar-refractivity contribution in [3.05, 3.63) is 112 Å². The van der Waals surface area contributed by atoms with E-state index in [-0.39, 0.29) is 33.4 Å². The van der Waals surface area contributed by atoms with E-state index in [4.69, 9.17) is 21.3 Å². The quantitative estimate of drug-likeness (QED) is 0.121. The fourth-order valence-corrected chi connectivity index (χ4v) is 10.1. The largest absolute Gasteiger partial charge is 0.488 e. The Labute approximate surface area is 365 Å². The van der Waals surface area contributed by atoms with Crippen molar-refractivity contribution in [3.8, 4) is 11.4 Å². The second-order valence-electron chi connectivity index (χ2n) is 17.5. The number of amides is 1. The van der Waals surface area contributed by atoms with E-state index < -0.39 is 15.9 Å². The minimum Gasteiger partial charge on any atom is -0.488 e. The topological polar surface area (TPSA) is 158 Å². The fourth-order valence-electron chi connectivity index (χ4n) is 8.96. The molecule has 3 aliphatic rings. The van der Waals surface area contributed by atoms with Crippen LogP contribution < -0.4 is 14.4 Å². The number of hydrogen-bond donors (Lipinski definition) is 2. The molecule has 62 heavy (non-hydrogen) atoms. The predicted molar refractivity (Wildman–Crippen MR) is 243 cm³/mol. The van der Waals surface area contributed by atoms with E-state index in [1.807, 2.05) is 43.4 Å². The number of anilines is 1. The van der Waals surface area contributed by atoms with Crippen molar-refractivity contribution < 1.29 is 17.9 Å². The Kier molecular flexibility index (Phi) is 11.4. The molecular weight excluding hydrogens is 826 g/mol. The maximum Gasteiger partial charge on any atom is 0.267 e. The molecule has 1 aliphatic carbocycles. The number of piperazine rings is 1. The Hall–Kier alpha value is -5.61. The SMILES string of the molecule is CN1CCC(Oc2ccc(S(=O)(=O)NC(=O)c3ccc(N4CCN(CC5=C(c6ccc(Cl)cc6)CC(C)(C)CC5)CC4)cc3-n3[nH]cc4nc5nccc5cc43)cc2N=O)CC1. The summed E-state index contributed by atoms with van der Waals surface area (Å²) in [5.41, 5.74) is 7.59. The predicted octanol–water partition coefficient (Wildman–Crippen LogP) is 8.33. The standard InChI is InChI=1S/C46H50ClN9O5S/c1-46(2)16-12-32(38(27-46)30-4-6-33(47)7-5-30)29-54-20-22-55(23-21-54)34-8-10-37(41(25-34)56-42-24-31-13-17-48-44(31)50-40(42)28-49-56)45(57)52-62(59,60)36-9-11-43(39(26-36)51-58)61-35-14-18-53(3)19-15-35/h4-11,13,17,24-26,28,35,49H,12,14-16,18-23,27,29H2,1-3H3,(H,52,57). The Morgan fingerprint density at radius 1 is 0.984 bits per heavy atom. The lowest BCUT2D eigenvalue weighted by Gasteiger charge is -2.39. The molecule has 16 heteroatoms. The van der Waals surface area contributed by atoms with Gasteiger partial charge in [-0.05, 0) is 122 Å². The number of fused-ring (bicyclic) bond motifs is 2. The van der Waals surface area contributed by atoms with Crippen LogP contribution in [0.15, 0.2) is 101 Å². The summed E-state index contributed by atoms with van der Waals surface area (Å²) < 4.78 is 37.7. The molecular formula is C46H50ClN9O5S. The maximum absolute atomic E-state index is 14.2. The smallest absolute Gasteiger partial charge is 0.267 e. The van der Waals surface area contributed by atoms with Crippen LogP contribution in [0.1, 0.15) is 61.9 Å². The van der Waals surface area contributed by atoms with E-state index in [9.17, 15) is 18.1 Å². The highest BCUT2D eigenvalue weighted by atomic mass is 35.5. The lowest BCUT2D eigenvalue weighted by atomic mass is 9.72.